The molecule has 2 aromatic heterocycles. The smallest absolute Gasteiger partial charge is 0.249 e. The highest BCUT2D eigenvalue weighted by atomic mass is 16.5. The number of nitrogens with zero attached hydrogens (tertiary/aromatic N) is 3. The number of nitrogens with one attached hydrogen (secondary N) is 1. The lowest BCUT2D eigenvalue weighted by Gasteiger charge is -2.28. The summed E-state index contributed by atoms with van der Waals surface area (Å²) < 4.78 is 15.9. The van der Waals surface area contributed by atoms with E-state index in [-0.39, 0.29) is 17.9 Å². The second kappa shape index (κ2) is 8.75. The molecule has 0 unspecified atom stereocenters. The number of carbonyl (C=O) groups excluding carboxylic acids is 1. The Morgan fingerprint density at radius 3 is 2.88 bits per heavy atom. The summed E-state index contributed by atoms with van der Waals surface area (Å²) in [6.07, 6.45) is 6.02. The molecular weight excluding hydrogens is 336 g/mol. The molecule has 1 N–H and O–H groups in total. The van der Waals surface area contributed by atoms with Crippen LogP contribution < -0.4 is 10.1 Å². The number of ether oxygens (including phenoxy) is 2. The van der Waals surface area contributed by atoms with E-state index in [2.05, 4.69) is 20.4 Å². The van der Waals surface area contributed by atoms with Gasteiger partial charge >= 0.3 is 0 Å². The van der Waals surface area contributed by atoms with Crippen molar-refractivity contribution in [3.63, 3.8) is 0 Å². The second-order valence-corrected chi connectivity index (χ2v) is 6.41. The molecule has 26 heavy (non-hydrogen) atoms. The van der Waals surface area contributed by atoms with E-state index >= 15 is 0 Å². The van der Waals surface area contributed by atoms with Crippen LogP contribution >= 0.6 is 0 Å². The third kappa shape index (κ3) is 4.78. The zero-order valence-electron chi connectivity index (χ0n) is 15.1. The Hall–Kier alpha value is -2.48. The van der Waals surface area contributed by atoms with Crippen molar-refractivity contribution in [2.75, 3.05) is 20.3 Å². The van der Waals surface area contributed by atoms with Gasteiger partial charge in [0.2, 0.25) is 11.8 Å². The monoisotopic (exact) mass is 360 g/mol. The van der Waals surface area contributed by atoms with Crippen LogP contribution in [0.25, 0.3) is 0 Å². The minimum atomic E-state index is -0.281. The summed E-state index contributed by atoms with van der Waals surface area (Å²) in [4.78, 5) is 21.0. The van der Waals surface area contributed by atoms with Crippen molar-refractivity contribution in [3.05, 3.63) is 35.7 Å². The normalized spacial score (nSPS) is 16.2. The van der Waals surface area contributed by atoms with Crippen LogP contribution in [0.2, 0.25) is 0 Å². The van der Waals surface area contributed by atoms with E-state index in [1.54, 1.807) is 26.4 Å². The van der Waals surface area contributed by atoms with E-state index in [4.69, 9.17) is 14.0 Å². The van der Waals surface area contributed by atoms with Gasteiger partial charge in [-0.25, -0.2) is 0 Å². The van der Waals surface area contributed by atoms with Crippen LogP contribution in [0.4, 0.5) is 0 Å². The quantitative estimate of drug-likeness (QED) is 0.806. The van der Waals surface area contributed by atoms with Gasteiger partial charge in [-0.15, -0.1) is 0 Å². The van der Waals surface area contributed by atoms with Gasteiger partial charge in [0.25, 0.3) is 0 Å². The Bertz CT molecular complexity index is 727. The maximum atomic E-state index is 12.5. The first-order chi connectivity index (χ1) is 12.7. The van der Waals surface area contributed by atoms with E-state index in [9.17, 15) is 4.79 Å². The average molecular weight is 360 g/mol. The van der Waals surface area contributed by atoms with Crippen LogP contribution in [0.3, 0.4) is 0 Å². The molecule has 3 heterocycles. The van der Waals surface area contributed by atoms with Gasteiger partial charge in [0.05, 0.1) is 13.3 Å². The van der Waals surface area contributed by atoms with Gasteiger partial charge in [-0.2, -0.15) is 4.98 Å². The lowest BCUT2D eigenvalue weighted by Crippen LogP contribution is -2.36. The SMILES string of the molecule is COc1cncc(CCC(=O)N[C@@H](c2nc(C)no2)C2CCOCC2)c1. The van der Waals surface area contributed by atoms with Gasteiger partial charge in [0.1, 0.15) is 11.8 Å². The number of carbonyl (C=O) groups is 1. The number of amides is 1. The molecule has 1 atom stereocenters. The number of pyridine rings is 1. The molecule has 0 aliphatic carbocycles. The zero-order chi connectivity index (χ0) is 18.4. The summed E-state index contributed by atoms with van der Waals surface area (Å²) in [6, 6.07) is 1.61. The Balaban J connectivity index is 1.62. The van der Waals surface area contributed by atoms with E-state index in [1.807, 2.05) is 6.07 Å². The molecule has 8 heteroatoms. The Labute approximate surface area is 152 Å². The van der Waals surface area contributed by atoms with E-state index in [0.29, 0.717) is 43.5 Å². The lowest BCUT2D eigenvalue weighted by molar-refractivity contribution is -0.122. The summed E-state index contributed by atoms with van der Waals surface area (Å²) in [5, 5.41) is 6.93. The molecule has 1 amide bonds. The average Bonchev–Trinajstić information content (AvgIpc) is 3.11. The highest BCUT2D eigenvalue weighted by Gasteiger charge is 2.31. The lowest BCUT2D eigenvalue weighted by atomic mass is 9.91. The largest absolute Gasteiger partial charge is 0.495 e. The standard InChI is InChI=1S/C18H24N4O4/c1-12-20-18(26-22-12)17(14-5-7-25-8-6-14)21-16(23)4-3-13-9-15(24-2)11-19-10-13/h9-11,14,17H,3-8H2,1-2H3,(H,21,23)/t17-/m1/s1. The van der Waals surface area contributed by atoms with Gasteiger partial charge in [-0.3, -0.25) is 9.78 Å². The summed E-state index contributed by atoms with van der Waals surface area (Å²) in [5.74, 6) is 1.88. The fraction of sp³-hybridized carbons (Fsp3) is 0.556. The summed E-state index contributed by atoms with van der Waals surface area (Å²) in [5.41, 5.74) is 0.954. The maximum Gasteiger partial charge on any atom is 0.249 e. The molecule has 1 aliphatic heterocycles. The Morgan fingerprint density at radius 2 is 2.19 bits per heavy atom. The van der Waals surface area contributed by atoms with Crippen molar-refractivity contribution >= 4 is 5.91 Å². The third-order valence-corrected chi connectivity index (χ3v) is 4.51. The third-order valence-electron chi connectivity index (χ3n) is 4.51. The molecule has 1 aliphatic rings. The molecule has 140 valence electrons. The molecule has 8 nitrogen and oxygen atoms in total. The van der Waals surface area contributed by atoms with E-state index < -0.39 is 0 Å². The van der Waals surface area contributed by atoms with Crippen LogP contribution in [0, 0.1) is 12.8 Å². The number of aryl methyl sites for hydroxylation is 2. The first kappa shape index (κ1) is 18.3. The minimum absolute atomic E-state index is 0.0554. The molecule has 1 fully saturated rings. The van der Waals surface area contributed by atoms with Crippen LogP contribution in [-0.2, 0) is 16.0 Å². The maximum absolute atomic E-state index is 12.5. The molecule has 0 saturated carbocycles. The summed E-state index contributed by atoms with van der Waals surface area (Å²) in [6.45, 7) is 3.13. The second-order valence-electron chi connectivity index (χ2n) is 6.41. The van der Waals surface area contributed by atoms with Gasteiger partial charge in [-0.1, -0.05) is 5.16 Å². The van der Waals surface area contributed by atoms with Crippen LogP contribution in [0.15, 0.2) is 23.0 Å². The fourth-order valence-corrected chi connectivity index (χ4v) is 3.09. The van der Waals surface area contributed by atoms with Crippen molar-refractivity contribution in [2.45, 2.75) is 38.6 Å². The van der Waals surface area contributed by atoms with Crippen molar-refractivity contribution < 1.29 is 18.8 Å². The zero-order valence-corrected chi connectivity index (χ0v) is 15.1. The topological polar surface area (TPSA) is 99.4 Å². The molecule has 0 radical (unpaired) electrons. The molecule has 0 aromatic carbocycles. The first-order valence-corrected chi connectivity index (χ1v) is 8.81. The fourth-order valence-electron chi connectivity index (χ4n) is 3.09. The van der Waals surface area contributed by atoms with Crippen molar-refractivity contribution in [2.24, 2.45) is 5.92 Å². The van der Waals surface area contributed by atoms with Gasteiger partial charge in [0.15, 0.2) is 5.82 Å². The number of hydrogen-bond acceptors (Lipinski definition) is 7. The number of rotatable bonds is 7. The van der Waals surface area contributed by atoms with Gasteiger partial charge in [0, 0.05) is 25.8 Å². The van der Waals surface area contributed by atoms with Crippen LogP contribution in [-0.4, -0.2) is 41.4 Å². The van der Waals surface area contributed by atoms with E-state index in [0.717, 1.165) is 18.4 Å². The Kier molecular flexibility index (Phi) is 6.17. The predicted molar refractivity (Wildman–Crippen MR) is 92.6 cm³/mol. The Morgan fingerprint density at radius 1 is 1.38 bits per heavy atom. The minimum Gasteiger partial charge on any atom is -0.495 e. The molecule has 0 bridgehead atoms. The number of methoxy groups -OCH3 is 1. The van der Waals surface area contributed by atoms with Crippen molar-refractivity contribution in [3.8, 4) is 5.75 Å². The van der Waals surface area contributed by atoms with Gasteiger partial charge in [-0.05, 0) is 43.7 Å². The van der Waals surface area contributed by atoms with Crippen LogP contribution in [0.1, 0.15) is 42.6 Å². The molecule has 2 aromatic rings. The number of hydrogen-bond donors (Lipinski definition) is 1. The summed E-state index contributed by atoms with van der Waals surface area (Å²) >= 11 is 0. The number of aromatic nitrogens is 3. The van der Waals surface area contributed by atoms with Gasteiger partial charge < -0.3 is 19.3 Å². The first-order valence-electron chi connectivity index (χ1n) is 8.81. The summed E-state index contributed by atoms with van der Waals surface area (Å²) in [7, 11) is 1.60. The van der Waals surface area contributed by atoms with Crippen molar-refractivity contribution in [1.29, 1.82) is 0 Å². The molecule has 3 rings (SSSR count). The highest BCUT2D eigenvalue weighted by Crippen LogP contribution is 2.29. The van der Waals surface area contributed by atoms with Crippen molar-refractivity contribution in [1.82, 2.24) is 20.4 Å². The van der Waals surface area contributed by atoms with Crippen LogP contribution in [0.5, 0.6) is 5.75 Å². The van der Waals surface area contributed by atoms with E-state index in [1.165, 1.54) is 0 Å². The molecular formula is C18H24N4O4. The molecule has 1 saturated heterocycles. The predicted octanol–water partition coefficient (Wildman–Crippen LogP) is 2.00. The molecule has 0 spiro atoms. The highest BCUT2D eigenvalue weighted by molar-refractivity contribution is 5.76.